The largest absolute Gasteiger partial charge is 0.464 e. The number of benzene rings is 2. The standard InChI is InChI=1S/C16H15BrFNO2/c1-2-21-16(20)14(11-7-4-3-5-8-11)19-15-12(17)9-6-10-13(15)18/h3-10,14,19H,2H2,1H3. The van der Waals surface area contributed by atoms with Crippen molar-refractivity contribution in [1.29, 1.82) is 0 Å². The molecule has 5 heteroatoms. The van der Waals surface area contributed by atoms with E-state index in [0.717, 1.165) is 0 Å². The van der Waals surface area contributed by atoms with Crippen LogP contribution in [0.4, 0.5) is 10.1 Å². The normalized spacial score (nSPS) is 11.8. The van der Waals surface area contributed by atoms with Gasteiger partial charge in [0.2, 0.25) is 0 Å². The molecule has 0 fully saturated rings. The Bertz CT molecular complexity index is 599. The van der Waals surface area contributed by atoms with Crippen molar-refractivity contribution in [3.8, 4) is 0 Å². The molecule has 0 spiro atoms. The molecule has 0 radical (unpaired) electrons. The molecule has 2 rings (SSSR count). The molecule has 1 unspecified atom stereocenters. The maximum Gasteiger partial charge on any atom is 0.333 e. The lowest BCUT2D eigenvalue weighted by Crippen LogP contribution is -2.24. The van der Waals surface area contributed by atoms with Crippen LogP contribution in [-0.4, -0.2) is 12.6 Å². The Morgan fingerprint density at radius 3 is 2.57 bits per heavy atom. The molecule has 0 heterocycles. The molecule has 21 heavy (non-hydrogen) atoms. The highest BCUT2D eigenvalue weighted by atomic mass is 79.9. The van der Waals surface area contributed by atoms with E-state index in [1.54, 1.807) is 31.2 Å². The van der Waals surface area contributed by atoms with Crippen LogP contribution in [0.2, 0.25) is 0 Å². The maximum atomic E-state index is 13.9. The first kappa shape index (κ1) is 15.5. The predicted octanol–water partition coefficient (Wildman–Crippen LogP) is 4.30. The first-order valence-electron chi connectivity index (χ1n) is 6.55. The van der Waals surface area contributed by atoms with Crippen molar-refractivity contribution in [1.82, 2.24) is 0 Å². The van der Waals surface area contributed by atoms with Gasteiger partial charge in [0.15, 0.2) is 6.04 Å². The van der Waals surface area contributed by atoms with Gasteiger partial charge in [-0.15, -0.1) is 0 Å². The number of esters is 1. The third-order valence-electron chi connectivity index (χ3n) is 2.91. The highest BCUT2D eigenvalue weighted by molar-refractivity contribution is 9.10. The fraction of sp³-hybridized carbons (Fsp3) is 0.188. The van der Waals surface area contributed by atoms with Crippen LogP contribution in [0.15, 0.2) is 53.0 Å². The third-order valence-corrected chi connectivity index (χ3v) is 3.57. The number of nitrogens with one attached hydrogen (secondary N) is 1. The molecule has 2 aromatic carbocycles. The molecular formula is C16H15BrFNO2. The second-order valence-electron chi connectivity index (χ2n) is 4.34. The van der Waals surface area contributed by atoms with Crippen molar-refractivity contribution in [3.63, 3.8) is 0 Å². The van der Waals surface area contributed by atoms with Gasteiger partial charge in [0, 0.05) is 4.47 Å². The highest BCUT2D eigenvalue weighted by Gasteiger charge is 2.23. The minimum atomic E-state index is -0.764. The zero-order chi connectivity index (χ0) is 15.2. The highest BCUT2D eigenvalue weighted by Crippen LogP contribution is 2.29. The average Bonchev–Trinajstić information content (AvgIpc) is 2.48. The summed E-state index contributed by atoms with van der Waals surface area (Å²) in [5.74, 6) is -0.881. The van der Waals surface area contributed by atoms with Crippen LogP contribution in [0.1, 0.15) is 18.5 Å². The van der Waals surface area contributed by atoms with Gasteiger partial charge in [-0.2, -0.15) is 0 Å². The van der Waals surface area contributed by atoms with E-state index < -0.39 is 17.8 Å². The van der Waals surface area contributed by atoms with Crippen LogP contribution < -0.4 is 5.32 Å². The summed E-state index contributed by atoms with van der Waals surface area (Å²) < 4.78 is 19.6. The lowest BCUT2D eigenvalue weighted by Gasteiger charge is -2.20. The summed E-state index contributed by atoms with van der Waals surface area (Å²) in [5.41, 5.74) is 0.950. The molecule has 0 amide bonds. The van der Waals surface area contributed by atoms with Crippen LogP contribution in [-0.2, 0) is 9.53 Å². The quantitative estimate of drug-likeness (QED) is 0.816. The van der Waals surface area contributed by atoms with Crippen molar-refractivity contribution in [2.75, 3.05) is 11.9 Å². The summed E-state index contributed by atoms with van der Waals surface area (Å²) in [6.07, 6.45) is 0. The molecule has 0 saturated heterocycles. The monoisotopic (exact) mass is 351 g/mol. The topological polar surface area (TPSA) is 38.3 Å². The zero-order valence-electron chi connectivity index (χ0n) is 11.5. The molecule has 2 aromatic rings. The van der Waals surface area contributed by atoms with Crippen molar-refractivity contribution in [3.05, 3.63) is 64.4 Å². The molecule has 0 aliphatic carbocycles. The molecule has 0 aliphatic rings. The van der Waals surface area contributed by atoms with E-state index in [2.05, 4.69) is 21.2 Å². The number of hydrogen-bond acceptors (Lipinski definition) is 3. The number of hydrogen-bond donors (Lipinski definition) is 1. The molecule has 0 bridgehead atoms. The van der Waals surface area contributed by atoms with Crippen molar-refractivity contribution in [2.24, 2.45) is 0 Å². The predicted molar refractivity (Wildman–Crippen MR) is 83.5 cm³/mol. The van der Waals surface area contributed by atoms with Crippen LogP contribution in [0.5, 0.6) is 0 Å². The fourth-order valence-electron chi connectivity index (χ4n) is 1.93. The van der Waals surface area contributed by atoms with Gasteiger partial charge in [-0.05, 0) is 40.5 Å². The second-order valence-corrected chi connectivity index (χ2v) is 5.19. The molecular weight excluding hydrogens is 337 g/mol. The van der Waals surface area contributed by atoms with Gasteiger partial charge in [0.1, 0.15) is 5.82 Å². The minimum absolute atomic E-state index is 0.236. The summed E-state index contributed by atoms with van der Waals surface area (Å²) in [6.45, 7) is 2.00. The second kappa shape index (κ2) is 7.22. The molecule has 110 valence electrons. The van der Waals surface area contributed by atoms with Crippen molar-refractivity contribution >= 4 is 27.6 Å². The van der Waals surface area contributed by atoms with Crippen LogP contribution in [0.25, 0.3) is 0 Å². The summed E-state index contributed by atoms with van der Waals surface area (Å²) in [5, 5.41) is 2.92. The molecule has 0 saturated carbocycles. The number of rotatable bonds is 5. The van der Waals surface area contributed by atoms with Gasteiger partial charge >= 0.3 is 5.97 Å². The summed E-state index contributed by atoms with van der Waals surface area (Å²) in [4.78, 5) is 12.1. The van der Waals surface area contributed by atoms with E-state index in [0.29, 0.717) is 10.0 Å². The van der Waals surface area contributed by atoms with E-state index in [-0.39, 0.29) is 12.3 Å². The van der Waals surface area contributed by atoms with Gasteiger partial charge < -0.3 is 10.1 Å². The number of carbonyl (C=O) groups excluding carboxylic acids is 1. The van der Waals surface area contributed by atoms with Gasteiger partial charge in [-0.1, -0.05) is 36.4 Å². The van der Waals surface area contributed by atoms with Crippen molar-refractivity contribution < 1.29 is 13.9 Å². The first-order valence-corrected chi connectivity index (χ1v) is 7.35. The lowest BCUT2D eigenvalue weighted by atomic mass is 10.1. The molecule has 3 nitrogen and oxygen atoms in total. The minimum Gasteiger partial charge on any atom is -0.464 e. The van der Waals surface area contributed by atoms with E-state index in [1.165, 1.54) is 6.07 Å². The van der Waals surface area contributed by atoms with Crippen LogP contribution in [0, 0.1) is 5.82 Å². The number of anilines is 1. The average molecular weight is 352 g/mol. The Hall–Kier alpha value is -1.88. The zero-order valence-corrected chi connectivity index (χ0v) is 13.1. The Morgan fingerprint density at radius 1 is 1.24 bits per heavy atom. The van der Waals surface area contributed by atoms with E-state index in [1.807, 2.05) is 18.2 Å². The molecule has 0 aromatic heterocycles. The van der Waals surface area contributed by atoms with Gasteiger partial charge in [-0.25, -0.2) is 9.18 Å². The Labute approximate surface area is 131 Å². The van der Waals surface area contributed by atoms with Crippen molar-refractivity contribution in [2.45, 2.75) is 13.0 Å². The number of ether oxygens (including phenoxy) is 1. The number of carbonyl (C=O) groups is 1. The molecule has 1 atom stereocenters. The van der Waals surface area contributed by atoms with Gasteiger partial charge in [0.05, 0.1) is 12.3 Å². The summed E-state index contributed by atoms with van der Waals surface area (Å²) >= 11 is 3.28. The fourth-order valence-corrected chi connectivity index (χ4v) is 2.39. The molecule has 1 N–H and O–H groups in total. The maximum absolute atomic E-state index is 13.9. The summed E-state index contributed by atoms with van der Waals surface area (Å²) in [6, 6.07) is 12.9. The SMILES string of the molecule is CCOC(=O)C(Nc1c(F)cccc1Br)c1ccccc1. The first-order chi connectivity index (χ1) is 10.1. The Kier molecular flexibility index (Phi) is 5.33. The number of halogens is 2. The van der Waals surface area contributed by atoms with E-state index in [9.17, 15) is 9.18 Å². The number of para-hydroxylation sites is 1. The van der Waals surface area contributed by atoms with Crippen LogP contribution >= 0.6 is 15.9 Å². The van der Waals surface area contributed by atoms with E-state index >= 15 is 0 Å². The smallest absolute Gasteiger partial charge is 0.333 e. The third kappa shape index (κ3) is 3.82. The van der Waals surface area contributed by atoms with Gasteiger partial charge in [-0.3, -0.25) is 0 Å². The van der Waals surface area contributed by atoms with Crippen LogP contribution in [0.3, 0.4) is 0 Å². The van der Waals surface area contributed by atoms with Gasteiger partial charge in [0.25, 0.3) is 0 Å². The van der Waals surface area contributed by atoms with E-state index in [4.69, 9.17) is 4.74 Å². The summed E-state index contributed by atoms with van der Waals surface area (Å²) in [7, 11) is 0. The lowest BCUT2D eigenvalue weighted by molar-refractivity contribution is -0.144. The Balaban J connectivity index is 2.35. The Morgan fingerprint density at radius 2 is 1.95 bits per heavy atom. The molecule has 0 aliphatic heterocycles.